The Hall–Kier alpha value is -2.90. The Bertz CT molecular complexity index is 1030. The average Bonchev–Trinajstić information content (AvgIpc) is 3.17. The molecule has 3 rings (SSSR count). The van der Waals surface area contributed by atoms with Crippen molar-refractivity contribution >= 4 is 21.6 Å². The fourth-order valence-electron chi connectivity index (χ4n) is 2.66. The first-order valence-corrected chi connectivity index (χ1v) is 10.2. The van der Waals surface area contributed by atoms with Crippen LogP contribution >= 0.6 is 0 Å². The van der Waals surface area contributed by atoms with Crippen molar-refractivity contribution in [3.63, 3.8) is 0 Å². The van der Waals surface area contributed by atoms with Crippen molar-refractivity contribution in [3.8, 4) is 0 Å². The zero-order valence-electron chi connectivity index (χ0n) is 15.8. The highest BCUT2D eigenvalue weighted by atomic mass is 32.2. The third-order valence-corrected chi connectivity index (χ3v) is 6.03. The molecular weight excluding hydrogens is 376 g/mol. The van der Waals surface area contributed by atoms with Gasteiger partial charge in [-0.3, -0.25) is 4.79 Å². The van der Waals surface area contributed by atoms with Gasteiger partial charge in [-0.15, -0.1) is 0 Å². The molecule has 0 fully saturated rings. The summed E-state index contributed by atoms with van der Waals surface area (Å²) in [6, 6.07) is 17.2. The number of nitrogens with one attached hydrogen (secondary N) is 1. The molecule has 0 saturated heterocycles. The van der Waals surface area contributed by atoms with Crippen LogP contribution in [0.25, 0.3) is 0 Å². The van der Waals surface area contributed by atoms with Crippen molar-refractivity contribution < 1.29 is 17.6 Å². The maximum Gasteiger partial charge on any atom is 0.243 e. The topological polar surface area (TPSA) is 79.6 Å². The Balaban J connectivity index is 1.83. The Kier molecular flexibility index (Phi) is 5.96. The quantitative estimate of drug-likeness (QED) is 0.658. The van der Waals surface area contributed by atoms with Gasteiger partial charge in [-0.05, 0) is 50.2 Å². The van der Waals surface area contributed by atoms with Gasteiger partial charge >= 0.3 is 0 Å². The molecule has 1 amide bonds. The molecule has 0 aliphatic heterocycles. The monoisotopic (exact) mass is 398 g/mol. The molecule has 1 heterocycles. The summed E-state index contributed by atoms with van der Waals surface area (Å²) in [7, 11) is -3.88. The number of carbonyl (C=O) groups is 1. The van der Waals surface area contributed by atoms with E-state index in [1.807, 2.05) is 26.0 Å². The highest BCUT2D eigenvalue weighted by Crippen LogP contribution is 2.19. The predicted octanol–water partition coefficient (Wildman–Crippen LogP) is 3.73. The lowest BCUT2D eigenvalue weighted by molar-refractivity contribution is -0.116. The maximum atomic E-state index is 13.1. The van der Waals surface area contributed by atoms with Gasteiger partial charge in [0.1, 0.15) is 5.76 Å². The van der Waals surface area contributed by atoms with Crippen LogP contribution in [0.1, 0.15) is 16.9 Å². The van der Waals surface area contributed by atoms with E-state index < -0.39 is 15.9 Å². The molecule has 1 N–H and O–H groups in total. The minimum Gasteiger partial charge on any atom is -0.468 e. The van der Waals surface area contributed by atoms with Crippen molar-refractivity contribution in [3.05, 3.63) is 83.8 Å². The SMILES string of the molecule is Cc1ccc(NC(=O)CN(Cc2ccco2)S(=O)(=O)c2ccc(C)cc2)cc1. The summed E-state index contributed by atoms with van der Waals surface area (Å²) in [5, 5.41) is 2.74. The molecule has 0 aliphatic rings. The van der Waals surface area contributed by atoms with Gasteiger partial charge in [0.2, 0.25) is 15.9 Å². The van der Waals surface area contributed by atoms with Gasteiger partial charge in [-0.25, -0.2) is 8.42 Å². The van der Waals surface area contributed by atoms with Gasteiger partial charge in [0, 0.05) is 5.69 Å². The fraction of sp³-hybridized carbons (Fsp3) is 0.190. The number of amides is 1. The molecule has 146 valence electrons. The van der Waals surface area contributed by atoms with E-state index in [0.29, 0.717) is 11.4 Å². The Morgan fingerprint density at radius 2 is 1.57 bits per heavy atom. The van der Waals surface area contributed by atoms with Crippen molar-refractivity contribution in [1.82, 2.24) is 4.31 Å². The van der Waals surface area contributed by atoms with E-state index in [9.17, 15) is 13.2 Å². The van der Waals surface area contributed by atoms with Gasteiger partial charge in [-0.2, -0.15) is 4.31 Å². The lowest BCUT2D eigenvalue weighted by Gasteiger charge is -2.21. The summed E-state index contributed by atoms with van der Waals surface area (Å²) >= 11 is 0. The standard InChI is InChI=1S/C21H22N2O4S/c1-16-5-9-18(10-6-16)22-21(24)15-23(14-19-4-3-13-27-19)28(25,26)20-11-7-17(2)8-12-20/h3-13H,14-15H2,1-2H3,(H,22,24). The van der Waals surface area contributed by atoms with E-state index in [2.05, 4.69) is 5.32 Å². The summed E-state index contributed by atoms with van der Waals surface area (Å²) in [6.45, 7) is 3.46. The number of carbonyl (C=O) groups excluding carboxylic acids is 1. The van der Waals surface area contributed by atoms with E-state index in [0.717, 1.165) is 15.4 Å². The van der Waals surface area contributed by atoms with E-state index in [1.165, 1.54) is 18.4 Å². The second-order valence-corrected chi connectivity index (χ2v) is 8.52. The number of rotatable bonds is 7. The van der Waals surface area contributed by atoms with E-state index in [1.54, 1.807) is 36.4 Å². The van der Waals surface area contributed by atoms with Crippen molar-refractivity contribution in [1.29, 1.82) is 0 Å². The Morgan fingerprint density at radius 1 is 0.964 bits per heavy atom. The van der Waals surface area contributed by atoms with Crippen LogP contribution in [0.15, 0.2) is 76.2 Å². The molecule has 0 unspecified atom stereocenters. The zero-order chi connectivity index (χ0) is 20.1. The molecule has 6 nitrogen and oxygen atoms in total. The zero-order valence-corrected chi connectivity index (χ0v) is 16.6. The van der Waals surface area contributed by atoms with Crippen LogP contribution in [0, 0.1) is 13.8 Å². The molecule has 2 aromatic carbocycles. The van der Waals surface area contributed by atoms with Gasteiger partial charge in [0.15, 0.2) is 0 Å². The molecule has 0 atom stereocenters. The molecule has 0 spiro atoms. The van der Waals surface area contributed by atoms with Crippen LogP contribution < -0.4 is 5.32 Å². The van der Waals surface area contributed by atoms with Gasteiger partial charge in [-0.1, -0.05) is 35.4 Å². The van der Waals surface area contributed by atoms with Gasteiger partial charge < -0.3 is 9.73 Å². The van der Waals surface area contributed by atoms with E-state index in [4.69, 9.17) is 4.42 Å². The Labute approximate surface area is 164 Å². The third kappa shape index (κ3) is 4.88. The summed E-state index contributed by atoms with van der Waals surface area (Å²) in [6.07, 6.45) is 1.47. The van der Waals surface area contributed by atoms with Crippen LogP contribution in [-0.2, 0) is 21.4 Å². The average molecular weight is 398 g/mol. The lowest BCUT2D eigenvalue weighted by Crippen LogP contribution is -2.37. The molecule has 3 aromatic rings. The number of aryl methyl sites for hydroxylation is 2. The molecule has 0 radical (unpaired) electrons. The summed E-state index contributed by atoms with van der Waals surface area (Å²) in [5.41, 5.74) is 2.63. The second kappa shape index (κ2) is 8.41. The van der Waals surface area contributed by atoms with Crippen LogP contribution in [0.4, 0.5) is 5.69 Å². The molecule has 1 aromatic heterocycles. The molecule has 0 bridgehead atoms. The molecular formula is C21H22N2O4S. The number of sulfonamides is 1. The highest BCUT2D eigenvalue weighted by Gasteiger charge is 2.27. The predicted molar refractivity (Wildman–Crippen MR) is 107 cm³/mol. The highest BCUT2D eigenvalue weighted by molar-refractivity contribution is 7.89. The summed E-state index contributed by atoms with van der Waals surface area (Å²) < 4.78 is 32.6. The molecule has 0 aliphatic carbocycles. The van der Waals surface area contributed by atoms with Crippen LogP contribution in [0.5, 0.6) is 0 Å². The van der Waals surface area contributed by atoms with Gasteiger partial charge in [0.25, 0.3) is 0 Å². The van der Waals surface area contributed by atoms with Crippen LogP contribution in [-0.4, -0.2) is 25.2 Å². The Morgan fingerprint density at radius 3 is 2.14 bits per heavy atom. The lowest BCUT2D eigenvalue weighted by atomic mass is 10.2. The number of benzene rings is 2. The van der Waals surface area contributed by atoms with E-state index >= 15 is 0 Å². The first-order valence-electron chi connectivity index (χ1n) is 8.80. The van der Waals surface area contributed by atoms with Crippen LogP contribution in [0.3, 0.4) is 0 Å². The normalized spacial score (nSPS) is 11.5. The summed E-state index contributed by atoms with van der Waals surface area (Å²) in [5.74, 6) is 0.0323. The van der Waals surface area contributed by atoms with Crippen molar-refractivity contribution in [2.24, 2.45) is 0 Å². The number of hydrogen-bond acceptors (Lipinski definition) is 4. The smallest absolute Gasteiger partial charge is 0.243 e. The minimum atomic E-state index is -3.88. The summed E-state index contributed by atoms with van der Waals surface area (Å²) in [4.78, 5) is 12.7. The number of anilines is 1. The molecule has 28 heavy (non-hydrogen) atoms. The van der Waals surface area contributed by atoms with Gasteiger partial charge in [0.05, 0.1) is 24.2 Å². The van der Waals surface area contributed by atoms with Crippen molar-refractivity contribution in [2.45, 2.75) is 25.3 Å². The fourth-order valence-corrected chi connectivity index (χ4v) is 4.02. The third-order valence-electron chi connectivity index (χ3n) is 4.23. The first-order chi connectivity index (χ1) is 13.3. The molecule has 0 saturated carbocycles. The number of hydrogen-bond donors (Lipinski definition) is 1. The first kappa shape index (κ1) is 19.9. The largest absolute Gasteiger partial charge is 0.468 e. The maximum absolute atomic E-state index is 13.1. The molecule has 7 heteroatoms. The van der Waals surface area contributed by atoms with Crippen LogP contribution in [0.2, 0.25) is 0 Å². The number of furan rings is 1. The van der Waals surface area contributed by atoms with E-state index in [-0.39, 0.29) is 18.0 Å². The number of nitrogens with zero attached hydrogens (tertiary/aromatic N) is 1. The van der Waals surface area contributed by atoms with Crippen molar-refractivity contribution in [2.75, 3.05) is 11.9 Å². The minimum absolute atomic E-state index is 0.0372. The second-order valence-electron chi connectivity index (χ2n) is 6.58.